The Morgan fingerprint density at radius 2 is 2.53 bits per heavy atom. The van der Waals surface area contributed by atoms with Crippen molar-refractivity contribution in [2.75, 3.05) is 0 Å². The lowest BCUT2D eigenvalue weighted by atomic mass is 10.3. The minimum Gasteiger partial charge on any atom is -0.353 e. The molecule has 82 valence electrons. The molecular weight excluding hydrogens is 192 g/mol. The van der Waals surface area contributed by atoms with Gasteiger partial charge in [0.25, 0.3) is 0 Å². The third-order valence-corrected chi connectivity index (χ3v) is 2.40. The van der Waals surface area contributed by atoms with Gasteiger partial charge in [-0.1, -0.05) is 0 Å². The second-order valence-corrected chi connectivity index (χ2v) is 3.75. The first-order chi connectivity index (χ1) is 7.29. The number of hydrazine groups is 1. The number of aromatic amines is 1. The molecule has 0 aliphatic heterocycles. The maximum atomic E-state index is 5.36. The normalized spacial score (nSPS) is 16.5. The summed E-state index contributed by atoms with van der Waals surface area (Å²) >= 11 is 0. The zero-order valence-corrected chi connectivity index (χ0v) is 8.75. The molecule has 0 atom stereocenters. The number of aliphatic imine (C=N–C) groups is 1. The summed E-state index contributed by atoms with van der Waals surface area (Å²) in [5.41, 5.74) is 4.69. The number of nitrogens with one attached hydrogen (secondary N) is 3. The van der Waals surface area contributed by atoms with E-state index in [4.69, 9.17) is 5.84 Å². The monoisotopic (exact) mass is 208 g/mol. The highest BCUT2D eigenvalue weighted by Gasteiger charge is 2.21. The van der Waals surface area contributed by atoms with Gasteiger partial charge < -0.3 is 5.32 Å². The van der Waals surface area contributed by atoms with Crippen LogP contribution in [0.5, 0.6) is 0 Å². The molecule has 5 N–H and O–H groups in total. The van der Waals surface area contributed by atoms with Gasteiger partial charge in [0, 0.05) is 17.3 Å². The molecule has 0 saturated heterocycles. The second-order valence-electron chi connectivity index (χ2n) is 3.75. The van der Waals surface area contributed by atoms with Crippen molar-refractivity contribution >= 4 is 5.96 Å². The van der Waals surface area contributed by atoms with Crippen molar-refractivity contribution in [3.63, 3.8) is 0 Å². The van der Waals surface area contributed by atoms with Gasteiger partial charge in [0.1, 0.15) is 0 Å². The van der Waals surface area contributed by atoms with Gasteiger partial charge in [-0.05, 0) is 19.8 Å². The van der Waals surface area contributed by atoms with Gasteiger partial charge in [-0.25, -0.2) is 10.8 Å². The summed E-state index contributed by atoms with van der Waals surface area (Å²) in [5, 5.41) is 10.0. The van der Waals surface area contributed by atoms with Crippen LogP contribution in [0.25, 0.3) is 0 Å². The van der Waals surface area contributed by atoms with E-state index in [-0.39, 0.29) is 0 Å². The topological polar surface area (TPSA) is 91.1 Å². The number of hydrogen-bond donors (Lipinski definition) is 4. The number of guanidine groups is 1. The third-order valence-electron chi connectivity index (χ3n) is 2.40. The quantitative estimate of drug-likeness (QED) is 0.239. The highest BCUT2D eigenvalue weighted by Crippen LogP contribution is 2.18. The van der Waals surface area contributed by atoms with Crippen LogP contribution >= 0.6 is 0 Å². The lowest BCUT2D eigenvalue weighted by molar-refractivity contribution is 0.820. The van der Waals surface area contributed by atoms with Crippen molar-refractivity contribution in [1.29, 1.82) is 0 Å². The van der Waals surface area contributed by atoms with Crippen LogP contribution < -0.4 is 16.6 Å². The first-order valence-corrected chi connectivity index (χ1v) is 5.06. The smallest absolute Gasteiger partial charge is 0.206 e. The molecule has 0 spiro atoms. The molecule has 1 aromatic heterocycles. The molecule has 1 aromatic rings. The SMILES string of the molecule is Cc1[nH]ncc1CN=C(NN)NC1CC1. The van der Waals surface area contributed by atoms with E-state index < -0.39 is 0 Å². The van der Waals surface area contributed by atoms with E-state index in [1.807, 2.05) is 6.92 Å². The van der Waals surface area contributed by atoms with Crippen molar-refractivity contribution in [1.82, 2.24) is 20.9 Å². The van der Waals surface area contributed by atoms with Crippen LogP contribution in [0.4, 0.5) is 0 Å². The molecule has 6 heteroatoms. The maximum absolute atomic E-state index is 5.36. The van der Waals surface area contributed by atoms with E-state index >= 15 is 0 Å². The Morgan fingerprint density at radius 1 is 1.73 bits per heavy atom. The molecule has 0 bridgehead atoms. The molecular formula is C9H16N6. The number of nitrogens with two attached hydrogens (primary N) is 1. The molecule has 0 amide bonds. The van der Waals surface area contributed by atoms with E-state index in [1.165, 1.54) is 12.8 Å². The molecule has 1 heterocycles. The van der Waals surface area contributed by atoms with Crippen LogP contribution in [0.3, 0.4) is 0 Å². The molecule has 0 aromatic carbocycles. The Balaban J connectivity index is 1.92. The number of nitrogens with zero attached hydrogens (tertiary/aromatic N) is 2. The number of rotatable bonds is 3. The summed E-state index contributed by atoms with van der Waals surface area (Å²) in [4.78, 5) is 4.34. The van der Waals surface area contributed by atoms with Crippen molar-refractivity contribution in [3.05, 3.63) is 17.5 Å². The van der Waals surface area contributed by atoms with E-state index in [0.29, 0.717) is 18.5 Å². The first kappa shape index (κ1) is 9.97. The predicted molar refractivity (Wildman–Crippen MR) is 57.9 cm³/mol. The molecule has 1 saturated carbocycles. The van der Waals surface area contributed by atoms with Gasteiger partial charge in [0.2, 0.25) is 5.96 Å². The van der Waals surface area contributed by atoms with Crippen LogP contribution in [-0.4, -0.2) is 22.2 Å². The van der Waals surface area contributed by atoms with E-state index in [2.05, 4.69) is 25.9 Å². The fraction of sp³-hybridized carbons (Fsp3) is 0.556. The largest absolute Gasteiger partial charge is 0.353 e. The molecule has 1 fully saturated rings. The molecule has 2 rings (SSSR count). The van der Waals surface area contributed by atoms with E-state index in [1.54, 1.807) is 6.20 Å². The van der Waals surface area contributed by atoms with Crippen LogP contribution in [0, 0.1) is 6.92 Å². The highest BCUT2D eigenvalue weighted by atomic mass is 15.3. The molecule has 15 heavy (non-hydrogen) atoms. The van der Waals surface area contributed by atoms with Crippen molar-refractivity contribution in [2.24, 2.45) is 10.8 Å². The summed E-state index contributed by atoms with van der Waals surface area (Å²) in [6.45, 7) is 2.56. The number of H-pyrrole nitrogens is 1. The average molecular weight is 208 g/mol. The summed E-state index contributed by atoms with van der Waals surface area (Å²) in [6, 6.07) is 0.547. The molecule has 0 radical (unpaired) electrons. The van der Waals surface area contributed by atoms with Gasteiger partial charge in [0.05, 0.1) is 12.7 Å². The highest BCUT2D eigenvalue weighted by molar-refractivity contribution is 5.79. The van der Waals surface area contributed by atoms with E-state index in [0.717, 1.165) is 11.3 Å². The number of aromatic nitrogens is 2. The van der Waals surface area contributed by atoms with Gasteiger partial charge in [0.15, 0.2) is 0 Å². The van der Waals surface area contributed by atoms with Gasteiger partial charge in [-0.2, -0.15) is 5.10 Å². The molecule has 1 aliphatic carbocycles. The fourth-order valence-electron chi connectivity index (χ4n) is 1.25. The van der Waals surface area contributed by atoms with E-state index in [9.17, 15) is 0 Å². The minimum atomic E-state index is 0.547. The Labute approximate surface area is 88.3 Å². The Bertz CT molecular complexity index is 351. The second kappa shape index (κ2) is 4.31. The average Bonchev–Trinajstić information content (AvgIpc) is 2.96. The van der Waals surface area contributed by atoms with Crippen molar-refractivity contribution < 1.29 is 0 Å². The Hall–Kier alpha value is -1.56. The molecule has 1 aliphatic rings. The summed E-state index contributed by atoms with van der Waals surface area (Å²) in [6.07, 6.45) is 4.18. The molecule has 0 unspecified atom stereocenters. The van der Waals surface area contributed by atoms with Crippen molar-refractivity contribution in [3.8, 4) is 0 Å². The van der Waals surface area contributed by atoms with Crippen LogP contribution in [0.1, 0.15) is 24.1 Å². The predicted octanol–water partition coefficient (Wildman–Crippen LogP) is -0.211. The molecule has 6 nitrogen and oxygen atoms in total. The standard InChI is InChI=1S/C9H16N6/c1-6-7(5-12-15-6)4-11-9(14-10)13-8-2-3-8/h5,8H,2-4,10H2,1H3,(H,12,15)(H2,11,13,14). The number of aryl methyl sites for hydroxylation is 1. The third kappa shape index (κ3) is 2.69. The van der Waals surface area contributed by atoms with Crippen molar-refractivity contribution in [2.45, 2.75) is 32.4 Å². The number of hydrogen-bond acceptors (Lipinski definition) is 3. The lowest BCUT2D eigenvalue weighted by Gasteiger charge is -2.07. The van der Waals surface area contributed by atoms with Crippen LogP contribution in [-0.2, 0) is 6.54 Å². The Kier molecular flexibility index (Phi) is 2.86. The summed E-state index contributed by atoms with van der Waals surface area (Å²) < 4.78 is 0. The first-order valence-electron chi connectivity index (χ1n) is 5.06. The van der Waals surface area contributed by atoms with Crippen LogP contribution in [0.15, 0.2) is 11.2 Å². The van der Waals surface area contributed by atoms with Crippen LogP contribution in [0.2, 0.25) is 0 Å². The Morgan fingerprint density at radius 3 is 3.07 bits per heavy atom. The zero-order valence-electron chi connectivity index (χ0n) is 8.75. The lowest BCUT2D eigenvalue weighted by Crippen LogP contribution is -2.42. The summed E-state index contributed by atoms with van der Waals surface area (Å²) in [7, 11) is 0. The van der Waals surface area contributed by atoms with Gasteiger partial charge in [-0.15, -0.1) is 0 Å². The zero-order chi connectivity index (χ0) is 10.7. The van der Waals surface area contributed by atoms with Gasteiger partial charge >= 0.3 is 0 Å². The maximum Gasteiger partial charge on any atom is 0.206 e. The fourth-order valence-corrected chi connectivity index (χ4v) is 1.25. The minimum absolute atomic E-state index is 0.547. The summed E-state index contributed by atoms with van der Waals surface area (Å²) in [5.74, 6) is 6.01. The van der Waals surface area contributed by atoms with Gasteiger partial charge in [-0.3, -0.25) is 10.5 Å².